The first-order valence-corrected chi connectivity index (χ1v) is 7.94. The van der Waals surface area contributed by atoms with E-state index in [-0.39, 0.29) is 0 Å². The Bertz CT molecular complexity index is 445. The SMILES string of the molecule is CCCCc1cc(CCCC)c2c(c1)CCCC2=O. The summed E-state index contributed by atoms with van der Waals surface area (Å²) in [5, 5.41) is 0. The molecule has 0 spiro atoms. The van der Waals surface area contributed by atoms with Gasteiger partial charge in [0.1, 0.15) is 0 Å². The summed E-state index contributed by atoms with van der Waals surface area (Å²) in [5.74, 6) is 0.384. The standard InChI is InChI=1S/C18H26O/c1-3-5-8-14-12-15(9-6-4-2)18-16(13-14)10-7-11-17(18)19/h12-13H,3-11H2,1-2H3. The number of benzene rings is 1. The van der Waals surface area contributed by atoms with Crippen LogP contribution in [0.1, 0.15) is 79.4 Å². The summed E-state index contributed by atoms with van der Waals surface area (Å²) in [6, 6.07) is 4.62. The van der Waals surface area contributed by atoms with Gasteiger partial charge >= 0.3 is 0 Å². The number of carbonyl (C=O) groups is 1. The number of ketones is 1. The van der Waals surface area contributed by atoms with Gasteiger partial charge in [0, 0.05) is 12.0 Å². The molecule has 19 heavy (non-hydrogen) atoms. The summed E-state index contributed by atoms with van der Waals surface area (Å²) in [4.78, 5) is 12.2. The van der Waals surface area contributed by atoms with Crippen LogP contribution in [0, 0.1) is 0 Å². The van der Waals surface area contributed by atoms with Crippen molar-refractivity contribution in [1.82, 2.24) is 0 Å². The molecule has 1 nitrogen and oxygen atoms in total. The summed E-state index contributed by atoms with van der Waals surface area (Å²) >= 11 is 0. The number of rotatable bonds is 6. The molecule has 1 heteroatoms. The van der Waals surface area contributed by atoms with E-state index in [4.69, 9.17) is 0 Å². The molecule has 1 aromatic carbocycles. The highest BCUT2D eigenvalue weighted by Gasteiger charge is 2.21. The van der Waals surface area contributed by atoms with Crippen LogP contribution in [0.25, 0.3) is 0 Å². The smallest absolute Gasteiger partial charge is 0.163 e. The maximum absolute atomic E-state index is 12.2. The third-order valence-electron chi connectivity index (χ3n) is 4.11. The van der Waals surface area contributed by atoms with E-state index >= 15 is 0 Å². The molecule has 0 atom stereocenters. The zero-order chi connectivity index (χ0) is 13.7. The van der Waals surface area contributed by atoms with Crippen LogP contribution in [0.4, 0.5) is 0 Å². The van der Waals surface area contributed by atoms with Crippen LogP contribution in [0.3, 0.4) is 0 Å². The predicted molar refractivity (Wildman–Crippen MR) is 80.9 cm³/mol. The van der Waals surface area contributed by atoms with Gasteiger partial charge in [0.2, 0.25) is 0 Å². The van der Waals surface area contributed by atoms with Gasteiger partial charge in [-0.05, 0) is 55.2 Å². The lowest BCUT2D eigenvalue weighted by molar-refractivity contribution is 0.0971. The van der Waals surface area contributed by atoms with E-state index in [1.807, 2.05) is 0 Å². The number of unbranched alkanes of at least 4 members (excludes halogenated alkanes) is 2. The number of Topliss-reactive ketones (excluding diaryl/α,β-unsaturated/α-hetero) is 1. The molecule has 0 saturated heterocycles. The number of aryl methyl sites for hydroxylation is 3. The van der Waals surface area contributed by atoms with Gasteiger partial charge in [0.15, 0.2) is 5.78 Å². The summed E-state index contributed by atoms with van der Waals surface area (Å²) in [7, 11) is 0. The normalized spacial score (nSPS) is 14.5. The first-order chi connectivity index (χ1) is 9.26. The van der Waals surface area contributed by atoms with Gasteiger partial charge in [-0.1, -0.05) is 38.8 Å². The number of fused-ring (bicyclic) bond motifs is 1. The van der Waals surface area contributed by atoms with Crippen LogP contribution in [0.2, 0.25) is 0 Å². The zero-order valence-electron chi connectivity index (χ0n) is 12.4. The Labute approximate surface area is 117 Å². The van der Waals surface area contributed by atoms with E-state index in [2.05, 4.69) is 26.0 Å². The van der Waals surface area contributed by atoms with E-state index in [1.54, 1.807) is 0 Å². The molecule has 0 heterocycles. The third-order valence-corrected chi connectivity index (χ3v) is 4.11. The molecule has 0 N–H and O–H groups in total. The van der Waals surface area contributed by atoms with Gasteiger partial charge in [-0.15, -0.1) is 0 Å². The first-order valence-electron chi connectivity index (χ1n) is 7.94. The van der Waals surface area contributed by atoms with Crippen LogP contribution >= 0.6 is 0 Å². The molecule has 0 saturated carbocycles. The number of carbonyl (C=O) groups excluding carboxylic acids is 1. The molecule has 0 radical (unpaired) electrons. The molecule has 0 aliphatic heterocycles. The Morgan fingerprint density at radius 1 is 1.00 bits per heavy atom. The van der Waals surface area contributed by atoms with Gasteiger partial charge in [-0.25, -0.2) is 0 Å². The Morgan fingerprint density at radius 3 is 2.47 bits per heavy atom. The van der Waals surface area contributed by atoms with Crippen LogP contribution < -0.4 is 0 Å². The van der Waals surface area contributed by atoms with Crippen LogP contribution in [-0.2, 0) is 19.3 Å². The monoisotopic (exact) mass is 258 g/mol. The largest absolute Gasteiger partial charge is 0.294 e. The fraction of sp³-hybridized carbons (Fsp3) is 0.611. The lowest BCUT2D eigenvalue weighted by Crippen LogP contribution is -2.15. The molecule has 0 fully saturated rings. The van der Waals surface area contributed by atoms with Crippen molar-refractivity contribution in [1.29, 1.82) is 0 Å². The maximum atomic E-state index is 12.2. The van der Waals surface area contributed by atoms with Gasteiger partial charge in [-0.2, -0.15) is 0 Å². The van der Waals surface area contributed by atoms with E-state index < -0.39 is 0 Å². The van der Waals surface area contributed by atoms with E-state index in [1.165, 1.54) is 42.4 Å². The number of hydrogen-bond acceptors (Lipinski definition) is 1. The van der Waals surface area contributed by atoms with Crippen molar-refractivity contribution in [3.63, 3.8) is 0 Å². The zero-order valence-corrected chi connectivity index (χ0v) is 12.4. The molecular weight excluding hydrogens is 232 g/mol. The third kappa shape index (κ3) is 3.46. The van der Waals surface area contributed by atoms with Crippen molar-refractivity contribution >= 4 is 5.78 Å². The topological polar surface area (TPSA) is 17.1 Å². The maximum Gasteiger partial charge on any atom is 0.163 e. The molecular formula is C18H26O. The minimum atomic E-state index is 0.384. The molecule has 104 valence electrons. The molecule has 0 amide bonds. The first kappa shape index (κ1) is 14.3. The Kier molecular flexibility index (Phi) is 5.18. The predicted octanol–water partition coefficient (Wildman–Crippen LogP) is 4.89. The fourth-order valence-electron chi connectivity index (χ4n) is 3.05. The Morgan fingerprint density at radius 2 is 1.74 bits per heavy atom. The van der Waals surface area contributed by atoms with Gasteiger partial charge in [-0.3, -0.25) is 4.79 Å². The lowest BCUT2D eigenvalue weighted by atomic mass is 9.83. The lowest BCUT2D eigenvalue weighted by Gasteiger charge is -2.20. The van der Waals surface area contributed by atoms with Crippen molar-refractivity contribution in [2.45, 2.75) is 71.6 Å². The molecule has 1 aliphatic rings. The van der Waals surface area contributed by atoms with Crippen molar-refractivity contribution in [3.8, 4) is 0 Å². The van der Waals surface area contributed by atoms with Crippen molar-refractivity contribution in [2.75, 3.05) is 0 Å². The quantitative estimate of drug-likeness (QED) is 0.710. The number of hydrogen-bond donors (Lipinski definition) is 0. The minimum absolute atomic E-state index is 0.384. The Hall–Kier alpha value is -1.11. The molecule has 1 aliphatic carbocycles. The molecule has 0 aromatic heterocycles. The van der Waals surface area contributed by atoms with Crippen molar-refractivity contribution in [3.05, 3.63) is 34.4 Å². The highest BCUT2D eigenvalue weighted by molar-refractivity contribution is 6.00. The van der Waals surface area contributed by atoms with Crippen LogP contribution in [0.5, 0.6) is 0 Å². The van der Waals surface area contributed by atoms with E-state index in [9.17, 15) is 4.79 Å². The van der Waals surface area contributed by atoms with Crippen LogP contribution in [0.15, 0.2) is 12.1 Å². The second-order valence-electron chi connectivity index (χ2n) is 5.77. The molecule has 2 rings (SSSR count). The molecule has 0 unspecified atom stereocenters. The fourth-order valence-corrected chi connectivity index (χ4v) is 3.05. The van der Waals surface area contributed by atoms with Gasteiger partial charge in [0.25, 0.3) is 0 Å². The van der Waals surface area contributed by atoms with Crippen molar-refractivity contribution < 1.29 is 4.79 Å². The molecule has 0 bridgehead atoms. The second-order valence-corrected chi connectivity index (χ2v) is 5.77. The highest BCUT2D eigenvalue weighted by Crippen LogP contribution is 2.28. The molecule has 1 aromatic rings. The average Bonchev–Trinajstić information content (AvgIpc) is 2.42. The Balaban J connectivity index is 2.33. The summed E-state index contributed by atoms with van der Waals surface area (Å²) in [6.07, 6.45) is 10.00. The van der Waals surface area contributed by atoms with E-state index in [0.717, 1.165) is 37.7 Å². The summed E-state index contributed by atoms with van der Waals surface area (Å²) in [5.41, 5.74) is 5.19. The van der Waals surface area contributed by atoms with E-state index in [0.29, 0.717) is 5.78 Å². The van der Waals surface area contributed by atoms with Gasteiger partial charge < -0.3 is 0 Å². The second kappa shape index (κ2) is 6.88. The summed E-state index contributed by atoms with van der Waals surface area (Å²) < 4.78 is 0. The summed E-state index contributed by atoms with van der Waals surface area (Å²) in [6.45, 7) is 4.45. The average molecular weight is 258 g/mol. The van der Waals surface area contributed by atoms with Crippen molar-refractivity contribution in [2.24, 2.45) is 0 Å². The minimum Gasteiger partial charge on any atom is -0.294 e. The van der Waals surface area contributed by atoms with Crippen LogP contribution in [-0.4, -0.2) is 5.78 Å². The highest BCUT2D eigenvalue weighted by atomic mass is 16.1. The van der Waals surface area contributed by atoms with Gasteiger partial charge in [0.05, 0.1) is 0 Å².